The molecule has 1 aromatic rings. The largest absolute Gasteiger partial charge is 0.341 e. The summed E-state index contributed by atoms with van der Waals surface area (Å²) in [5, 5.41) is 3.06. The molecule has 1 rings (SSSR count). The van der Waals surface area contributed by atoms with E-state index < -0.39 is 11.8 Å². The van der Waals surface area contributed by atoms with Gasteiger partial charge >= 0.3 is 11.8 Å². The van der Waals surface area contributed by atoms with Gasteiger partial charge in [0, 0.05) is 5.02 Å². The number of nitrogens with two attached hydrogens (primary N) is 1. The van der Waals surface area contributed by atoms with E-state index in [1.54, 1.807) is 36.6 Å². The third kappa shape index (κ3) is 3.22. The lowest BCUT2D eigenvalue weighted by Gasteiger charge is -2.13. The van der Waals surface area contributed by atoms with Crippen LogP contribution in [0.5, 0.6) is 0 Å². The van der Waals surface area contributed by atoms with E-state index in [-0.39, 0.29) is 6.04 Å². The molecule has 0 bridgehead atoms. The number of halogens is 1. The predicted molar refractivity (Wildman–Crippen MR) is 60.3 cm³/mol. The van der Waals surface area contributed by atoms with Crippen LogP contribution in [0.25, 0.3) is 0 Å². The van der Waals surface area contributed by atoms with Crippen LogP contribution in [0.2, 0.25) is 5.02 Å². The Labute approximate surface area is 97.9 Å². The van der Waals surface area contributed by atoms with E-state index in [1.165, 1.54) is 0 Å². The Hall–Kier alpha value is -1.59. The van der Waals surface area contributed by atoms with Crippen molar-refractivity contribution < 1.29 is 9.59 Å². The molecule has 16 heavy (non-hydrogen) atoms. The molecule has 2 amide bonds. The lowest BCUT2D eigenvalue weighted by molar-refractivity contribution is -0.139. The number of carbonyl (C=O) groups excluding carboxylic acids is 2. The second-order valence-corrected chi connectivity index (χ2v) is 3.66. The quantitative estimate of drug-likeness (QED) is 0.305. The van der Waals surface area contributed by atoms with Gasteiger partial charge in [-0.25, -0.2) is 5.84 Å². The summed E-state index contributed by atoms with van der Waals surface area (Å²) < 4.78 is 0. The molecule has 1 aromatic carbocycles. The van der Waals surface area contributed by atoms with Crippen molar-refractivity contribution in [2.24, 2.45) is 5.84 Å². The van der Waals surface area contributed by atoms with Crippen LogP contribution in [0, 0.1) is 0 Å². The standard InChI is InChI=1S/C10H12ClN3O2/c1-6(13-9(15)10(16)14-12)7-3-2-4-8(11)5-7/h2-6H,12H2,1H3,(H,13,15)(H,14,16). The van der Waals surface area contributed by atoms with Gasteiger partial charge in [-0.15, -0.1) is 0 Å². The summed E-state index contributed by atoms with van der Waals surface area (Å²) in [4.78, 5) is 22.1. The van der Waals surface area contributed by atoms with E-state index in [9.17, 15) is 9.59 Å². The molecule has 0 fully saturated rings. The van der Waals surface area contributed by atoms with Crippen LogP contribution < -0.4 is 16.6 Å². The van der Waals surface area contributed by atoms with E-state index in [2.05, 4.69) is 5.32 Å². The summed E-state index contributed by atoms with van der Waals surface area (Å²) in [5.74, 6) is 3.17. The number of hydrazine groups is 1. The minimum atomic E-state index is -0.881. The Bertz CT molecular complexity index is 409. The van der Waals surface area contributed by atoms with Crippen LogP contribution in [0.1, 0.15) is 18.5 Å². The maximum atomic E-state index is 11.2. The maximum Gasteiger partial charge on any atom is 0.323 e. The molecular weight excluding hydrogens is 230 g/mol. The number of carbonyl (C=O) groups is 2. The van der Waals surface area contributed by atoms with Gasteiger partial charge in [-0.2, -0.15) is 0 Å². The summed E-state index contributed by atoms with van der Waals surface area (Å²) in [5.41, 5.74) is 2.57. The SMILES string of the molecule is CC(NC(=O)C(=O)NN)c1cccc(Cl)c1. The molecule has 0 aromatic heterocycles. The van der Waals surface area contributed by atoms with Crippen LogP contribution in [-0.2, 0) is 9.59 Å². The Kier molecular flexibility index (Phi) is 4.28. The van der Waals surface area contributed by atoms with Crippen molar-refractivity contribution in [3.63, 3.8) is 0 Å². The number of rotatable bonds is 2. The second-order valence-electron chi connectivity index (χ2n) is 3.22. The molecule has 4 N–H and O–H groups in total. The lowest BCUT2D eigenvalue weighted by Crippen LogP contribution is -2.43. The number of benzene rings is 1. The van der Waals surface area contributed by atoms with Gasteiger partial charge in [-0.1, -0.05) is 23.7 Å². The average Bonchev–Trinajstić information content (AvgIpc) is 2.27. The van der Waals surface area contributed by atoms with E-state index in [4.69, 9.17) is 17.4 Å². The number of nitrogens with one attached hydrogen (secondary N) is 2. The molecule has 86 valence electrons. The highest BCUT2D eigenvalue weighted by Gasteiger charge is 2.15. The van der Waals surface area contributed by atoms with Crippen molar-refractivity contribution in [1.82, 2.24) is 10.7 Å². The molecule has 0 radical (unpaired) electrons. The van der Waals surface area contributed by atoms with Crippen molar-refractivity contribution in [3.8, 4) is 0 Å². The van der Waals surface area contributed by atoms with Crippen molar-refractivity contribution in [2.45, 2.75) is 13.0 Å². The highest BCUT2D eigenvalue weighted by atomic mass is 35.5. The summed E-state index contributed by atoms with van der Waals surface area (Å²) in [6, 6.07) is 6.70. The Morgan fingerprint density at radius 2 is 2.06 bits per heavy atom. The molecule has 0 saturated carbocycles. The molecule has 1 unspecified atom stereocenters. The van der Waals surface area contributed by atoms with Gasteiger partial charge in [0.2, 0.25) is 0 Å². The monoisotopic (exact) mass is 241 g/mol. The third-order valence-corrected chi connectivity index (χ3v) is 2.27. The van der Waals surface area contributed by atoms with Crippen LogP contribution >= 0.6 is 11.6 Å². The summed E-state index contributed by atoms with van der Waals surface area (Å²) in [7, 11) is 0. The van der Waals surface area contributed by atoms with Crippen molar-refractivity contribution in [3.05, 3.63) is 34.9 Å². The molecule has 0 heterocycles. The van der Waals surface area contributed by atoms with Gasteiger partial charge in [0.15, 0.2) is 0 Å². The smallest absolute Gasteiger partial charge is 0.323 e. The zero-order chi connectivity index (χ0) is 12.1. The highest BCUT2D eigenvalue weighted by Crippen LogP contribution is 2.16. The number of amides is 2. The normalized spacial score (nSPS) is 11.7. The first-order valence-corrected chi connectivity index (χ1v) is 4.99. The van der Waals surface area contributed by atoms with Gasteiger partial charge in [0.25, 0.3) is 0 Å². The first kappa shape index (κ1) is 12.5. The summed E-state index contributed by atoms with van der Waals surface area (Å²) in [6.45, 7) is 1.74. The molecule has 1 atom stereocenters. The third-order valence-electron chi connectivity index (χ3n) is 2.03. The van der Waals surface area contributed by atoms with E-state index in [0.29, 0.717) is 5.02 Å². The number of hydrogen-bond donors (Lipinski definition) is 3. The minimum absolute atomic E-state index is 0.316. The van der Waals surface area contributed by atoms with Crippen LogP contribution in [0.15, 0.2) is 24.3 Å². The van der Waals surface area contributed by atoms with E-state index in [1.807, 2.05) is 0 Å². The van der Waals surface area contributed by atoms with Gasteiger partial charge < -0.3 is 5.32 Å². The molecule has 5 nitrogen and oxygen atoms in total. The maximum absolute atomic E-state index is 11.2. The topological polar surface area (TPSA) is 84.2 Å². The molecule has 0 aliphatic carbocycles. The van der Waals surface area contributed by atoms with Crippen LogP contribution in [-0.4, -0.2) is 11.8 Å². The Morgan fingerprint density at radius 3 is 2.62 bits per heavy atom. The summed E-state index contributed by atoms with van der Waals surface area (Å²) >= 11 is 5.80. The highest BCUT2D eigenvalue weighted by molar-refractivity contribution is 6.35. The van der Waals surface area contributed by atoms with E-state index in [0.717, 1.165) is 5.56 Å². The zero-order valence-electron chi connectivity index (χ0n) is 8.66. The van der Waals surface area contributed by atoms with Crippen LogP contribution in [0.4, 0.5) is 0 Å². The molecule has 0 spiro atoms. The number of hydrogen-bond acceptors (Lipinski definition) is 3. The fourth-order valence-electron chi connectivity index (χ4n) is 1.19. The van der Waals surface area contributed by atoms with Crippen molar-refractivity contribution >= 4 is 23.4 Å². The minimum Gasteiger partial charge on any atom is -0.341 e. The second kappa shape index (κ2) is 5.48. The molecule has 6 heteroatoms. The predicted octanol–water partition coefficient (Wildman–Crippen LogP) is 0.507. The van der Waals surface area contributed by atoms with Gasteiger partial charge in [-0.05, 0) is 24.6 Å². The fourth-order valence-corrected chi connectivity index (χ4v) is 1.39. The van der Waals surface area contributed by atoms with Crippen molar-refractivity contribution in [2.75, 3.05) is 0 Å². The van der Waals surface area contributed by atoms with Crippen molar-refractivity contribution in [1.29, 1.82) is 0 Å². The van der Waals surface area contributed by atoms with Crippen LogP contribution in [0.3, 0.4) is 0 Å². The first-order chi connectivity index (χ1) is 7.54. The van der Waals surface area contributed by atoms with Gasteiger partial charge in [0.05, 0.1) is 6.04 Å². The fraction of sp³-hybridized carbons (Fsp3) is 0.200. The Morgan fingerprint density at radius 1 is 1.38 bits per heavy atom. The molecule has 0 aliphatic heterocycles. The first-order valence-electron chi connectivity index (χ1n) is 4.61. The van der Waals surface area contributed by atoms with E-state index >= 15 is 0 Å². The molecule has 0 aliphatic rings. The Balaban J connectivity index is 2.69. The zero-order valence-corrected chi connectivity index (χ0v) is 9.41. The average molecular weight is 242 g/mol. The molecule has 0 saturated heterocycles. The lowest BCUT2D eigenvalue weighted by atomic mass is 10.1. The van der Waals surface area contributed by atoms with Gasteiger partial charge in [0.1, 0.15) is 0 Å². The summed E-state index contributed by atoms with van der Waals surface area (Å²) in [6.07, 6.45) is 0. The van der Waals surface area contributed by atoms with Gasteiger partial charge in [-0.3, -0.25) is 15.0 Å². The molecular formula is C10H12ClN3O2.